The third kappa shape index (κ3) is 1.04. The molecule has 1 aliphatic heterocycles. The first-order chi connectivity index (χ1) is 5.38. The second kappa shape index (κ2) is 2.46. The molecule has 0 saturated heterocycles. The quantitative estimate of drug-likeness (QED) is 0.568. The molecule has 0 aliphatic carbocycles. The fourth-order valence-corrected chi connectivity index (χ4v) is 1.42. The van der Waals surface area contributed by atoms with Crippen molar-refractivity contribution in [2.45, 2.75) is 12.8 Å². The Morgan fingerprint density at radius 1 is 1.36 bits per heavy atom. The third-order valence-electron chi connectivity index (χ3n) is 2.00. The van der Waals surface area contributed by atoms with E-state index < -0.39 is 0 Å². The van der Waals surface area contributed by atoms with Crippen LogP contribution in [0.15, 0.2) is 18.2 Å². The molecule has 0 amide bonds. The largest absolute Gasteiger partial charge is 0.493 e. The van der Waals surface area contributed by atoms with Gasteiger partial charge in [-0.3, -0.25) is 0 Å². The van der Waals surface area contributed by atoms with E-state index in [-0.39, 0.29) is 0 Å². The highest BCUT2D eigenvalue weighted by Gasteiger charge is 2.11. The number of nitrogens with two attached hydrogens (primary N) is 1. The van der Waals surface area contributed by atoms with Crippen LogP contribution in [0.4, 0.5) is 5.69 Å². The molecule has 0 aromatic heterocycles. The molecule has 58 valence electrons. The number of ether oxygens (including phenoxy) is 1. The van der Waals surface area contributed by atoms with Gasteiger partial charge in [0.2, 0.25) is 0 Å². The normalized spacial score (nSPS) is 15.3. The molecule has 0 spiro atoms. The van der Waals surface area contributed by atoms with E-state index in [1.54, 1.807) is 0 Å². The Bertz CT molecular complexity index is 270. The van der Waals surface area contributed by atoms with Crippen molar-refractivity contribution >= 4 is 5.69 Å². The minimum absolute atomic E-state index is 0.830. The molecular formula is C9H11NO. The van der Waals surface area contributed by atoms with Crippen molar-refractivity contribution < 1.29 is 4.74 Å². The van der Waals surface area contributed by atoms with E-state index in [2.05, 4.69) is 0 Å². The van der Waals surface area contributed by atoms with Crippen molar-refractivity contribution in [3.05, 3.63) is 23.8 Å². The first-order valence-electron chi connectivity index (χ1n) is 3.88. The van der Waals surface area contributed by atoms with Gasteiger partial charge < -0.3 is 10.5 Å². The van der Waals surface area contributed by atoms with Gasteiger partial charge in [0.1, 0.15) is 5.75 Å². The van der Waals surface area contributed by atoms with Gasteiger partial charge in [-0.05, 0) is 25.0 Å². The molecule has 11 heavy (non-hydrogen) atoms. The minimum Gasteiger partial charge on any atom is -0.493 e. The second-order valence-electron chi connectivity index (χ2n) is 2.78. The van der Waals surface area contributed by atoms with Crippen molar-refractivity contribution in [2.75, 3.05) is 12.3 Å². The molecular weight excluding hydrogens is 138 g/mol. The zero-order valence-electron chi connectivity index (χ0n) is 6.34. The Labute approximate surface area is 66.0 Å². The van der Waals surface area contributed by atoms with Gasteiger partial charge in [0.15, 0.2) is 0 Å². The Hall–Kier alpha value is -1.18. The van der Waals surface area contributed by atoms with Crippen LogP contribution in [0, 0.1) is 0 Å². The highest BCUT2D eigenvalue weighted by molar-refractivity contribution is 5.54. The maximum absolute atomic E-state index is 5.76. The van der Waals surface area contributed by atoms with Gasteiger partial charge in [-0.2, -0.15) is 0 Å². The summed E-state index contributed by atoms with van der Waals surface area (Å²) in [5.74, 6) is 0.969. The molecule has 1 aromatic rings. The lowest BCUT2D eigenvalue weighted by Gasteiger charge is -2.17. The van der Waals surface area contributed by atoms with Crippen molar-refractivity contribution in [3.63, 3.8) is 0 Å². The molecule has 2 nitrogen and oxygen atoms in total. The number of anilines is 1. The van der Waals surface area contributed by atoms with Crippen molar-refractivity contribution in [3.8, 4) is 5.75 Å². The molecule has 1 aliphatic rings. The van der Waals surface area contributed by atoms with Gasteiger partial charge in [-0.15, -0.1) is 0 Å². The Balaban J connectivity index is 2.49. The molecule has 2 N–H and O–H groups in total. The van der Waals surface area contributed by atoms with E-state index in [0.29, 0.717) is 0 Å². The Kier molecular flexibility index (Phi) is 1.46. The summed E-state index contributed by atoms with van der Waals surface area (Å²) in [4.78, 5) is 0. The summed E-state index contributed by atoms with van der Waals surface area (Å²) in [6, 6.07) is 5.83. The SMILES string of the molecule is Nc1cccc2c1CCCO2. The van der Waals surface area contributed by atoms with Crippen LogP contribution in [0.2, 0.25) is 0 Å². The maximum Gasteiger partial charge on any atom is 0.124 e. The fourth-order valence-electron chi connectivity index (χ4n) is 1.42. The summed E-state index contributed by atoms with van der Waals surface area (Å²) < 4.78 is 5.42. The van der Waals surface area contributed by atoms with E-state index in [1.807, 2.05) is 18.2 Å². The van der Waals surface area contributed by atoms with E-state index in [1.165, 1.54) is 5.56 Å². The summed E-state index contributed by atoms with van der Waals surface area (Å²) in [7, 11) is 0. The van der Waals surface area contributed by atoms with Gasteiger partial charge in [-0.25, -0.2) is 0 Å². The van der Waals surface area contributed by atoms with Crippen LogP contribution in [0.25, 0.3) is 0 Å². The Morgan fingerprint density at radius 3 is 3.09 bits per heavy atom. The van der Waals surface area contributed by atoms with Crippen LogP contribution in [0.5, 0.6) is 5.75 Å². The first-order valence-corrected chi connectivity index (χ1v) is 3.88. The van der Waals surface area contributed by atoms with Crippen LogP contribution >= 0.6 is 0 Å². The van der Waals surface area contributed by atoms with Crippen molar-refractivity contribution in [2.24, 2.45) is 0 Å². The lowest BCUT2D eigenvalue weighted by Crippen LogP contribution is -2.09. The minimum atomic E-state index is 0.830. The van der Waals surface area contributed by atoms with Crippen LogP contribution < -0.4 is 10.5 Å². The highest BCUT2D eigenvalue weighted by atomic mass is 16.5. The monoisotopic (exact) mass is 149 g/mol. The van der Waals surface area contributed by atoms with E-state index in [0.717, 1.165) is 30.9 Å². The number of hydrogen-bond acceptors (Lipinski definition) is 2. The molecule has 0 bridgehead atoms. The molecule has 1 heterocycles. The highest BCUT2D eigenvalue weighted by Crippen LogP contribution is 2.28. The third-order valence-corrected chi connectivity index (χ3v) is 2.00. The predicted octanol–water partition coefficient (Wildman–Crippen LogP) is 1.59. The lowest BCUT2D eigenvalue weighted by molar-refractivity contribution is 0.289. The van der Waals surface area contributed by atoms with Gasteiger partial charge in [0.05, 0.1) is 6.61 Å². The summed E-state index contributed by atoms with van der Waals surface area (Å²) in [5.41, 5.74) is 7.80. The molecule has 0 radical (unpaired) electrons. The number of fused-ring (bicyclic) bond motifs is 1. The summed E-state index contributed by atoms with van der Waals surface area (Å²) >= 11 is 0. The smallest absolute Gasteiger partial charge is 0.124 e. The van der Waals surface area contributed by atoms with E-state index in [9.17, 15) is 0 Å². The van der Waals surface area contributed by atoms with Gasteiger partial charge in [-0.1, -0.05) is 6.07 Å². The fraction of sp³-hybridized carbons (Fsp3) is 0.333. The summed E-state index contributed by atoms with van der Waals surface area (Å²) in [6.45, 7) is 0.830. The summed E-state index contributed by atoms with van der Waals surface area (Å²) in [6.07, 6.45) is 2.14. The zero-order valence-corrected chi connectivity index (χ0v) is 6.34. The number of rotatable bonds is 0. The van der Waals surface area contributed by atoms with Gasteiger partial charge >= 0.3 is 0 Å². The standard InChI is InChI=1S/C9H11NO/c10-8-4-1-5-9-7(8)3-2-6-11-9/h1,4-5H,2-3,6,10H2. The van der Waals surface area contributed by atoms with Gasteiger partial charge in [0, 0.05) is 11.3 Å². The zero-order chi connectivity index (χ0) is 7.68. The van der Waals surface area contributed by atoms with E-state index >= 15 is 0 Å². The molecule has 0 saturated carbocycles. The molecule has 0 unspecified atom stereocenters. The van der Waals surface area contributed by atoms with Gasteiger partial charge in [0.25, 0.3) is 0 Å². The van der Waals surface area contributed by atoms with Crippen LogP contribution in [-0.4, -0.2) is 6.61 Å². The number of benzene rings is 1. The average Bonchev–Trinajstić information content (AvgIpc) is 2.06. The molecule has 0 atom stereocenters. The van der Waals surface area contributed by atoms with Crippen molar-refractivity contribution in [1.29, 1.82) is 0 Å². The summed E-state index contributed by atoms with van der Waals surface area (Å²) in [5, 5.41) is 0. The molecule has 0 fully saturated rings. The first kappa shape index (κ1) is 6.53. The van der Waals surface area contributed by atoms with Crippen LogP contribution in [0.1, 0.15) is 12.0 Å². The Morgan fingerprint density at radius 2 is 2.27 bits per heavy atom. The van der Waals surface area contributed by atoms with Crippen LogP contribution in [0.3, 0.4) is 0 Å². The number of hydrogen-bond donors (Lipinski definition) is 1. The molecule has 2 rings (SSSR count). The number of nitrogen functional groups attached to an aromatic ring is 1. The predicted molar refractivity (Wildman–Crippen MR) is 44.7 cm³/mol. The maximum atomic E-state index is 5.76. The lowest BCUT2D eigenvalue weighted by atomic mass is 10.0. The van der Waals surface area contributed by atoms with E-state index in [4.69, 9.17) is 10.5 Å². The van der Waals surface area contributed by atoms with Crippen molar-refractivity contribution in [1.82, 2.24) is 0 Å². The second-order valence-corrected chi connectivity index (χ2v) is 2.78. The topological polar surface area (TPSA) is 35.2 Å². The molecule has 2 heteroatoms. The van der Waals surface area contributed by atoms with Crippen LogP contribution in [-0.2, 0) is 6.42 Å². The molecule has 1 aromatic carbocycles. The average molecular weight is 149 g/mol.